The minimum Gasteiger partial charge on any atom is -0.453 e. The minimum atomic E-state index is -0.678. The molecule has 2 aliphatic rings. The zero-order valence-electron chi connectivity index (χ0n) is 34.5. The maximum atomic E-state index is 13.5. The Bertz CT molecular complexity index is 2020. The van der Waals surface area contributed by atoms with E-state index >= 15 is 0 Å². The van der Waals surface area contributed by atoms with Crippen LogP contribution in [0.25, 0.3) is 28.4 Å². The van der Waals surface area contributed by atoms with Crippen molar-refractivity contribution in [1.29, 1.82) is 0 Å². The van der Waals surface area contributed by atoms with E-state index in [-0.39, 0.29) is 89.7 Å². The van der Waals surface area contributed by atoms with Crippen LogP contribution in [-0.4, -0.2) is 93.4 Å². The fourth-order valence-corrected chi connectivity index (χ4v) is 7.44. The van der Waals surface area contributed by atoms with Crippen LogP contribution in [0.15, 0.2) is 59.7 Å². The molecule has 59 heavy (non-hydrogen) atoms. The number of alkyl carbamates (subject to hydrolysis) is 1. The zero-order valence-corrected chi connectivity index (χ0v) is 38.5. The van der Waals surface area contributed by atoms with Gasteiger partial charge in [0.05, 0.1) is 49.2 Å². The highest BCUT2D eigenvalue weighted by molar-refractivity contribution is 7.59. The molecule has 324 valence electrons. The summed E-state index contributed by atoms with van der Waals surface area (Å²) in [4.78, 5) is 72.9. The molecule has 0 spiro atoms. The first-order chi connectivity index (χ1) is 26.6. The Hall–Kier alpha value is -4.10. The van der Waals surface area contributed by atoms with Gasteiger partial charge in [-0.25, -0.2) is 19.8 Å². The molecule has 4 aromatic rings. The highest BCUT2D eigenvalue weighted by Gasteiger charge is 2.38. The summed E-state index contributed by atoms with van der Waals surface area (Å²) in [6.45, 7) is 9.00. The maximum Gasteiger partial charge on any atom is 0.407 e. The number of carbonyl (C=O) groups excluding carboxylic acids is 3. The van der Waals surface area contributed by atoms with Crippen LogP contribution in [0, 0.1) is 11.8 Å². The van der Waals surface area contributed by atoms with Gasteiger partial charge in [0, 0.05) is 13.1 Å². The van der Waals surface area contributed by atoms with E-state index in [1.165, 1.54) is 26.2 Å². The number of fused-ring (bicyclic) bond motifs is 1. The van der Waals surface area contributed by atoms with Gasteiger partial charge >= 0.3 is 6.09 Å². The van der Waals surface area contributed by atoms with Gasteiger partial charge in [-0.1, -0.05) is 70.2 Å². The fraction of sp³-hybridized carbons (Fsp3) is 0.463. The van der Waals surface area contributed by atoms with Gasteiger partial charge < -0.3 is 34.7 Å². The fourth-order valence-electron chi connectivity index (χ4n) is 7.44. The molecule has 2 aliphatic heterocycles. The third-order valence-electron chi connectivity index (χ3n) is 10.4. The lowest BCUT2D eigenvalue weighted by Crippen LogP contribution is -2.51. The van der Waals surface area contributed by atoms with Crippen LogP contribution < -0.4 is 5.32 Å². The van der Waals surface area contributed by atoms with E-state index in [0.29, 0.717) is 13.1 Å². The van der Waals surface area contributed by atoms with Crippen LogP contribution in [0.2, 0.25) is 0 Å². The van der Waals surface area contributed by atoms with E-state index in [1.54, 1.807) is 0 Å². The standard InChI is InChI=1S/C41H52N8O6.4H2S/c1-25(2)35(43-24-55-54-6)39(50)48-20-8-12-33(48)37-42-23-32(46-37)29-17-14-27(15-18-29)10-7-11-28-16-19-30-31(22-28)45-38(44-30)34-13-9-21-49(34)40(51)36(26(3)4)47-41(52)53-5;;;;/h7,11,14-19,22-26,33-36H,8-10,12-13,20-21H2,1-6H3,(H,42,46)(H,44,45)(H,47,52);4*1H2/t33-,34-,35-,36-;;;;/m0..../s1. The number of H-pyrrole nitrogens is 2. The van der Waals surface area contributed by atoms with Crippen molar-refractivity contribution in [2.45, 2.75) is 84.0 Å². The van der Waals surface area contributed by atoms with E-state index in [2.05, 4.69) is 72.6 Å². The Morgan fingerprint density at radius 3 is 2.17 bits per heavy atom. The molecule has 0 bridgehead atoms. The SMILES string of the molecule is COOC=N[C@H](C(=O)N1CCC[C@H]1c1ncc(-c2ccc(CC=Cc3ccc4nc([C@@H]5CCCN5C(=O)[C@@H](NC(=O)OC)C(C)C)[nH]c4c3)cc2)[nH]1)C(C)C.S.S.S.S. The van der Waals surface area contributed by atoms with Crippen LogP contribution >= 0.6 is 54.0 Å². The Kier molecular flexibility index (Phi) is 20.4. The first kappa shape index (κ1) is 51.0. The minimum absolute atomic E-state index is 0. The predicted octanol–water partition coefficient (Wildman–Crippen LogP) is 7.00. The van der Waals surface area contributed by atoms with Crippen molar-refractivity contribution in [1.82, 2.24) is 35.1 Å². The molecule has 2 fully saturated rings. The van der Waals surface area contributed by atoms with Crippen molar-refractivity contribution in [2.24, 2.45) is 16.8 Å². The van der Waals surface area contributed by atoms with Crippen LogP contribution in [0.1, 0.15) is 88.2 Å². The average Bonchev–Trinajstić information content (AvgIpc) is 4.01. The Labute approximate surface area is 374 Å². The van der Waals surface area contributed by atoms with Gasteiger partial charge in [-0.15, -0.1) is 0 Å². The number of aromatic amines is 2. The molecule has 14 nitrogen and oxygen atoms in total. The normalized spacial score (nSPS) is 17.4. The van der Waals surface area contributed by atoms with Gasteiger partial charge in [0.25, 0.3) is 0 Å². The lowest BCUT2D eigenvalue weighted by atomic mass is 10.0. The summed E-state index contributed by atoms with van der Waals surface area (Å²) in [5.41, 5.74) is 5.88. The van der Waals surface area contributed by atoms with Crippen molar-refractivity contribution in [3.63, 3.8) is 0 Å². The van der Waals surface area contributed by atoms with Crippen molar-refractivity contribution in [2.75, 3.05) is 27.3 Å². The number of aliphatic imine (C=N–C) groups is 1. The molecule has 18 heteroatoms. The number of imidazole rings is 2. The largest absolute Gasteiger partial charge is 0.453 e. The number of aromatic nitrogens is 4. The Morgan fingerprint density at radius 2 is 1.54 bits per heavy atom. The van der Waals surface area contributed by atoms with Gasteiger partial charge in [0.1, 0.15) is 23.7 Å². The Balaban J connectivity index is 0.00000300. The molecule has 3 amide bonds. The van der Waals surface area contributed by atoms with E-state index in [0.717, 1.165) is 71.6 Å². The molecular weight excluding hydrogens is 829 g/mol. The summed E-state index contributed by atoms with van der Waals surface area (Å²) in [6, 6.07) is 12.9. The molecular formula is C41H60N8O6S4. The van der Waals surface area contributed by atoms with E-state index in [9.17, 15) is 14.4 Å². The molecule has 4 atom stereocenters. The molecule has 2 saturated heterocycles. The Morgan fingerprint density at radius 1 is 0.881 bits per heavy atom. The number of nitrogens with zero attached hydrogens (tertiary/aromatic N) is 5. The maximum absolute atomic E-state index is 13.5. The van der Waals surface area contributed by atoms with Gasteiger partial charge in [-0.05, 0) is 72.8 Å². The molecule has 0 radical (unpaired) electrons. The van der Waals surface area contributed by atoms with Gasteiger partial charge in [-0.3, -0.25) is 9.59 Å². The van der Waals surface area contributed by atoms with E-state index in [4.69, 9.17) is 14.6 Å². The number of benzene rings is 2. The molecule has 4 heterocycles. The third-order valence-corrected chi connectivity index (χ3v) is 10.4. The monoisotopic (exact) mass is 888 g/mol. The first-order valence-corrected chi connectivity index (χ1v) is 19.0. The van der Waals surface area contributed by atoms with E-state index in [1.807, 2.05) is 55.8 Å². The van der Waals surface area contributed by atoms with Crippen molar-refractivity contribution in [3.8, 4) is 11.3 Å². The second kappa shape index (κ2) is 23.6. The molecule has 0 aliphatic carbocycles. The number of likely N-dealkylation sites (tertiary alicyclic amines) is 2. The molecule has 3 N–H and O–H groups in total. The van der Waals surface area contributed by atoms with Crippen LogP contribution in [-0.2, 0) is 30.5 Å². The number of allylic oxidation sites excluding steroid dienone is 1. The van der Waals surface area contributed by atoms with Gasteiger partial charge in [0.2, 0.25) is 18.2 Å². The van der Waals surface area contributed by atoms with Crippen molar-refractivity contribution >= 4 is 95.4 Å². The lowest BCUT2D eigenvalue weighted by molar-refractivity contribution is -0.188. The summed E-state index contributed by atoms with van der Waals surface area (Å²) >= 11 is 0. The number of hydrogen-bond donors (Lipinski definition) is 3. The van der Waals surface area contributed by atoms with Crippen LogP contribution in [0.5, 0.6) is 0 Å². The number of methoxy groups -OCH3 is 1. The predicted molar refractivity (Wildman–Crippen MR) is 251 cm³/mol. The van der Waals surface area contributed by atoms with Crippen LogP contribution in [0.4, 0.5) is 4.79 Å². The summed E-state index contributed by atoms with van der Waals surface area (Å²) in [5.74, 6) is 1.25. The highest BCUT2D eigenvalue weighted by Crippen LogP contribution is 2.34. The number of amides is 3. The number of rotatable bonds is 14. The quantitative estimate of drug-likeness (QED) is 0.0527. The van der Waals surface area contributed by atoms with Gasteiger partial charge in [-0.2, -0.15) is 58.9 Å². The first-order valence-electron chi connectivity index (χ1n) is 19.0. The second-order valence-corrected chi connectivity index (χ2v) is 14.8. The summed E-state index contributed by atoms with van der Waals surface area (Å²) in [5, 5.41) is 2.70. The third kappa shape index (κ3) is 12.2. The number of carbonyl (C=O) groups is 3. The van der Waals surface area contributed by atoms with Crippen molar-refractivity contribution < 1.29 is 28.9 Å². The highest BCUT2D eigenvalue weighted by atomic mass is 32.1. The molecule has 0 saturated carbocycles. The number of ether oxygens (including phenoxy) is 1. The average molecular weight is 889 g/mol. The number of hydrogen-bond acceptors (Lipinski definition) is 9. The molecule has 2 aromatic carbocycles. The van der Waals surface area contributed by atoms with Gasteiger partial charge in [0.15, 0.2) is 0 Å². The van der Waals surface area contributed by atoms with Crippen molar-refractivity contribution in [3.05, 3.63) is 77.5 Å². The van der Waals surface area contributed by atoms with Crippen LogP contribution in [0.3, 0.4) is 0 Å². The molecule has 2 aromatic heterocycles. The summed E-state index contributed by atoms with van der Waals surface area (Å²) < 4.78 is 4.76. The van der Waals surface area contributed by atoms with E-state index < -0.39 is 18.2 Å². The smallest absolute Gasteiger partial charge is 0.407 e. The second-order valence-electron chi connectivity index (χ2n) is 14.8. The number of nitrogens with one attached hydrogen (secondary N) is 3. The lowest BCUT2D eigenvalue weighted by Gasteiger charge is -2.29. The summed E-state index contributed by atoms with van der Waals surface area (Å²) in [6.07, 6.45) is 10.8. The summed E-state index contributed by atoms with van der Waals surface area (Å²) in [7, 11) is 2.69. The molecule has 6 rings (SSSR count). The topological polar surface area (TPSA) is 167 Å². The molecule has 0 unspecified atom stereocenters. The zero-order chi connectivity index (χ0) is 39.1.